The second-order valence-electron chi connectivity index (χ2n) is 5.62. The van der Waals surface area contributed by atoms with E-state index in [-0.39, 0.29) is 5.92 Å². The third-order valence-corrected chi connectivity index (χ3v) is 4.11. The maximum Gasteiger partial charge on any atom is 0.138 e. The lowest BCUT2D eigenvalue weighted by molar-refractivity contribution is -0.125. The summed E-state index contributed by atoms with van der Waals surface area (Å²) in [5.41, 5.74) is 0. The normalized spacial score (nSPS) is 30.9. The first-order valence-corrected chi connectivity index (χ1v) is 6.59. The van der Waals surface area contributed by atoms with E-state index in [1.54, 1.807) is 0 Å². The zero-order chi connectivity index (χ0) is 11.5. The van der Waals surface area contributed by atoms with E-state index in [1.165, 1.54) is 32.5 Å². The number of nitrogens with zero attached hydrogens (tertiary/aromatic N) is 2. The first-order valence-electron chi connectivity index (χ1n) is 6.59. The lowest BCUT2D eigenvalue weighted by atomic mass is 9.93. The Morgan fingerprint density at radius 3 is 2.56 bits per heavy atom. The molecule has 0 aromatic carbocycles. The fourth-order valence-electron chi connectivity index (χ4n) is 2.87. The van der Waals surface area contributed by atoms with Crippen LogP contribution in [0.3, 0.4) is 0 Å². The lowest BCUT2D eigenvalue weighted by Gasteiger charge is -2.36. The minimum atomic E-state index is 0.264. The molecule has 0 amide bonds. The molecule has 92 valence electrons. The molecule has 1 atom stereocenters. The van der Waals surface area contributed by atoms with Gasteiger partial charge in [-0.25, -0.2) is 0 Å². The number of likely N-dealkylation sites (tertiary alicyclic amines) is 2. The molecule has 3 nitrogen and oxygen atoms in total. The molecule has 2 aliphatic heterocycles. The summed E-state index contributed by atoms with van der Waals surface area (Å²) in [4.78, 5) is 16.4. The molecule has 0 bridgehead atoms. The highest BCUT2D eigenvalue weighted by atomic mass is 16.1. The monoisotopic (exact) mass is 224 g/mol. The number of carbonyl (C=O) groups excluding carboxylic acids is 1. The quantitative estimate of drug-likeness (QED) is 0.705. The summed E-state index contributed by atoms with van der Waals surface area (Å²) in [7, 11) is 2.21. The number of rotatable bonds is 2. The molecule has 16 heavy (non-hydrogen) atoms. The smallest absolute Gasteiger partial charge is 0.138 e. The van der Waals surface area contributed by atoms with Crippen LogP contribution in [0.15, 0.2) is 0 Å². The number of carbonyl (C=O) groups is 1. The van der Waals surface area contributed by atoms with Gasteiger partial charge in [0.2, 0.25) is 0 Å². The summed E-state index contributed by atoms with van der Waals surface area (Å²) in [5.74, 6) is 1.58. The van der Waals surface area contributed by atoms with E-state index in [0.717, 1.165) is 25.4 Å². The second-order valence-corrected chi connectivity index (χ2v) is 5.62. The molecular weight excluding hydrogens is 200 g/mol. The van der Waals surface area contributed by atoms with E-state index in [4.69, 9.17) is 0 Å². The van der Waals surface area contributed by atoms with Gasteiger partial charge in [0.15, 0.2) is 0 Å². The minimum absolute atomic E-state index is 0.264. The third kappa shape index (κ3) is 3.05. The Morgan fingerprint density at radius 2 is 1.94 bits per heavy atom. The van der Waals surface area contributed by atoms with Crippen LogP contribution in [-0.2, 0) is 4.79 Å². The molecule has 0 N–H and O–H groups in total. The van der Waals surface area contributed by atoms with Gasteiger partial charge >= 0.3 is 0 Å². The predicted octanol–water partition coefficient (Wildman–Crippen LogP) is 1.24. The van der Waals surface area contributed by atoms with Gasteiger partial charge in [-0.1, -0.05) is 6.92 Å². The topological polar surface area (TPSA) is 23.6 Å². The van der Waals surface area contributed by atoms with Crippen LogP contribution in [-0.4, -0.2) is 55.4 Å². The van der Waals surface area contributed by atoms with Gasteiger partial charge in [0, 0.05) is 32.0 Å². The van der Waals surface area contributed by atoms with Crippen molar-refractivity contribution in [1.29, 1.82) is 0 Å². The van der Waals surface area contributed by atoms with Crippen molar-refractivity contribution in [2.24, 2.45) is 11.8 Å². The third-order valence-electron chi connectivity index (χ3n) is 4.11. The fraction of sp³-hybridized carbons (Fsp3) is 0.923. The molecule has 3 heteroatoms. The van der Waals surface area contributed by atoms with E-state index < -0.39 is 0 Å². The molecule has 0 radical (unpaired) electrons. The van der Waals surface area contributed by atoms with Gasteiger partial charge in [0.25, 0.3) is 0 Å². The Kier molecular flexibility index (Phi) is 3.98. The van der Waals surface area contributed by atoms with Gasteiger partial charge in [-0.15, -0.1) is 0 Å². The van der Waals surface area contributed by atoms with Crippen LogP contribution in [0.4, 0.5) is 0 Å². The summed E-state index contributed by atoms with van der Waals surface area (Å²) in [6.07, 6.45) is 3.43. The predicted molar refractivity (Wildman–Crippen MR) is 65.4 cm³/mol. The van der Waals surface area contributed by atoms with Gasteiger partial charge in [0.1, 0.15) is 5.78 Å². The van der Waals surface area contributed by atoms with Crippen LogP contribution in [0.25, 0.3) is 0 Å². The summed E-state index contributed by atoms with van der Waals surface area (Å²) >= 11 is 0. The van der Waals surface area contributed by atoms with Gasteiger partial charge < -0.3 is 9.80 Å². The van der Waals surface area contributed by atoms with Crippen LogP contribution in [0, 0.1) is 11.8 Å². The summed E-state index contributed by atoms with van der Waals surface area (Å²) in [6, 6.07) is 0. The average Bonchev–Trinajstić information content (AvgIpc) is 2.27. The van der Waals surface area contributed by atoms with Crippen molar-refractivity contribution in [2.75, 3.05) is 39.8 Å². The summed E-state index contributed by atoms with van der Waals surface area (Å²) < 4.78 is 0. The molecule has 2 aliphatic rings. The van der Waals surface area contributed by atoms with Gasteiger partial charge in [0.05, 0.1) is 0 Å². The second kappa shape index (κ2) is 5.28. The first kappa shape index (κ1) is 12.1. The van der Waals surface area contributed by atoms with Crippen LogP contribution >= 0.6 is 0 Å². The molecule has 0 aliphatic carbocycles. The van der Waals surface area contributed by atoms with Gasteiger partial charge in [-0.3, -0.25) is 4.79 Å². The molecular formula is C13H24N2O. The van der Waals surface area contributed by atoms with Gasteiger partial charge in [-0.2, -0.15) is 0 Å². The van der Waals surface area contributed by atoms with Crippen LogP contribution in [0.5, 0.6) is 0 Å². The van der Waals surface area contributed by atoms with E-state index in [1.807, 2.05) is 0 Å². The fourth-order valence-corrected chi connectivity index (χ4v) is 2.87. The van der Waals surface area contributed by atoms with E-state index in [2.05, 4.69) is 23.8 Å². The maximum absolute atomic E-state index is 11.4. The van der Waals surface area contributed by atoms with Crippen LogP contribution < -0.4 is 0 Å². The first-order chi connectivity index (χ1) is 7.65. The molecule has 0 aromatic rings. The van der Waals surface area contributed by atoms with E-state index in [0.29, 0.717) is 5.78 Å². The lowest BCUT2D eigenvalue weighted by Crippen LogP contribution is -2.43. The Labute approximate surface area is 98.8 Å². The Balaban J connectivity index is 1.75. The standard InChI is InChI=1S/C13H24N2O/c1-11-9-15(8-5-13(11)16)10-12-3-6-14(2)7-4-12/h11-12H,3-10H2,1-2H3. The Morgan fingerprint density at radius 1 is 1.25 bits per heavy atom. The van der Waals surface area contributed by atoms with Crippen molar-refractivity contribution in [3.8, 4) is 0 Å². The highest BCUT2D eigenvalue weighted by molar-refractivity contribution is 5.81. The molecule has 1 unspecified atom stereocenters. The molecule has 2 rings (SSSR count). The SMILES string of the molecule is CC1CN(CC2CCN(C)CC2)CCC1=O. The zero-order valence-electron chi connectivity index (χ0n) is 10.6. The number of piperidine rings is 2. The van der Waals surface area contributed by atoms with Gasteiger partial charge in [-0.05, 0) is 38.9 Å². The van der Waals surface area contributed by atoms with Crippen molar-refractivity contribution in [2.45, 2.75) is 26.2 Å². The maximum atomic E-state index is 11.4. The van der Waals surface area contributed by atoms with E-state index >= 15 is 0 Å². The number of Topliss-reactive ketones (excluding diaryl/α,β-unsaturated/α-hetero) is 1. The van der Waals surface area contributed by atoms with Crippen molar-refractivity contribution in [3.05, 3.63) is 0 Å². The largest absolute Gasteiger partial charge is 0.306 e. The van der Waals surface area contributed by atoms with Crippen LogP contribution in [0.2, 0.25) is 0 Å². The van der Waals surface area contributed by atoms with Crippen molar-refractivity contribution >= 4 is 5.78 Å². The average molecular weight is 224 g/mol. The van der Waals surface area contributed by atoms with E-state index in [9.17, 15) is 4.79 Å². The molecule has 0 saturated carbocycles. The Hall–Kier alpha value is -0.410. The number of ketones is 1. The van der Waals surface area contributed by atoms with Crippen molar-refractivity contribution in [3.63, 3.8) is 0 Å². The minimum Gasteiger partial charge on any atom is -0.306 e. The highest BCUT2D eigenvalue weighted by Crippen LogP contribution is 2.20. The zero-order valence-corrected chi connectivity index (χ0v) is 10.6. The van der Waals surface area contributed by atoms with Crippen LogP contribution in [0.1, 0.15) is 26.2 Å². The molecule has 0 aromatic heterocycles. The van der Waals surface area contributed by atoms with Crippen molar-refractivity contribution in [1.82, 2.24) is 9.80 Å². The number of hydrogen-bond donors (Lipinski definition) is 0. The molecule has 0 spiro atoms. The number of hydrogen-bond acceptors (Lipinski definition) is 3. The molecule has 2 heterocycles. The summed E-state index contributed by atoms with van der Waals surface area (Å²) in [5, 5.41) is 0. The molecule has 2 fully saturated rings. The Bertz CT molecular complexity index is 246. The molecule has 2 saturated heterocycles. The highest BCUT2D eigenvalue weighted by Gasteiger charge is 2.26. The van der Waals surface area contributed by atoms with Crippen molar-refractivity contribution < 1.29 is 4.79 Å². The summed E-state index contributed by atoms with van der Waals surface area (Å²) in [6.45, 7) is 7.76.